The minimum absolute atomic E-state index is 0.0358. The van der Waals surface area contributed by atoms with Crippen molar-refractivity contribution in [2.45, 2.75) is 126 Å². The third-order valence-electron chi connectivity index (χ3n) is 21.9. The summed E-state index contributed by atoms with van der Waals surface area (Å²) in [5, 5.41) is 57.6. The van der Waals surface area contributed by atoms with Gasteiger partial charge < -0.3 is 120 Å². The Balaban J connectivity index is 0.000000289. The van der Waals surface area contributed by atoms with Crippen molar-refractivity contribution in [1.82, 2.24) is 35.5 Å². The molecule has 7 unspecified atom stereocenters. The number of nitrogens with zero attached hydrogens (tertiary/aromatic N) is 5. The number of amides is 9. The number of urea groups is 1. The lowest BCUT2D eigenvalue weighted by molar-refractivity contribution is -0.216. The van der Waals surface area contributed by atoms with Crippen molar-refractivity contribution in [3.63, 3.8) is 0 Å². The molecule has 0 saturated carbocycles. The van der Waals surface area contributed by atoms with E-state index >= 15 is 0 Å². The number of carbonyl (C=O) groups is 11. The maximum atomic E-state index is 12.7. The number of ketones is 1. The highest BCUT2D eigenvalue weighted by Gasteiger charge is 2.42. The van der Waals surface area contributed by atoms with Crippen LogP contribution < -0.4 is 32.3 Å². The first-order chi connectivity index (χ1) is 65.9. The van der Waals surface area contributed by atoms with Crippen LogP contribution in [0.2, 0.25) is 30.1 Å². The number of hydrogen-bond donors (Lipinski definition) is 10. The Morgan fingerprint density at radius 1 is 0.380 bits per heavy atom. The summed E-state index contributed by atoms with van der Waals surface area (Å²) in [4.78, 5) is 146. The van der Waals surface area contributed by atoms with E-state index in [1.807, 2.05) is 85.9 Å². The maximum Gasteiger partial charge on any atom is 0.364 e. The van der Waals surface area contributed by atoms with Gasteiger partial charge in [0.25, 0.3) is 29.5 Å². The molecule has 9 amide bonds. The number of likely N-dealkylation sites (N-methyl/N-ethyl adjacent to an activating group) is 3. The summed E-state index contributed by atoms with van der Waals surface area (Å²) in [5.74, 6) is -8.12. The second kappa shape index (κ2) is 58.9. The van der Waals surface area contributed by atoms with Gasteiger partial charge in [-0.3, -0.25) is 38.4 Å². The molecule has 37 nitrogen and oxygen atoms in total. The number of nitrogens with one attached hydrogen (secondary N) is 5. The molecule has 6 aromatic rings. The lowest BCUT2D eigenvalue weighted by Gasteiger charge is -2.33. The van der Waals surface area contributed by atoms with Gasteiger partial charge in [0.15, 0.2) is 24.1 Å². The zero-order valence-electron chi connectivity index (χ0n) is 76.4. The maximum absolute atomic E-state index is 12.7. The number of aliphatic hydroxyl groups is 4. The Morgan fingerprint density at radius 3 is 1.03 bits per heavy atom. The van der Waals surface area contributed by atoms with Crippen molar-refractivity contribution < 1.29 is 125 Å². The number of carbonyl (C=O) groups excluding carboxylic acids is 11. The SMILES string of the molecule is CN1Cc2c(Cl)cc(Cl)cc2C(c2cccc(NC(=O)CCCOCCOCCOCCCC(=O)C(O)C(O)C(=O)NCCOCCOCCOCCNC(=O)Nc3cccc(C4CN(C)Cc5c(Cl)cc(Cl)cc54)c3)c2)C1.CN1Cc2c(Cl)cc(Cl)cc2C(c2cccc(NC(=O)CCCOCCOCCOCCN)c2)C1.O=C(ON1C(=O)CCC1=O)C(O)C(O)C(=O)ON1C(=O)CCC1=O. The van der Waals surface area contributed by atoms with Gasteiger partial charge in [-0.25, -0.2) is 14.4 Å². The number of hydrogen-bond acceptors (Lipinski definition) is 30. The van der Waals surface area contributed by atoms with Crippen LogP contribution in [-0.4, -0.2) is 314 Å². The molecule has 6 aromatic carbocycles. The topological polar surface area (TPSA) is 473 Å². The molecular weight excluding hydrogens is 1910 g/mol. The number of Topliss-reactive ketones (excluding diaryl/α,β-unsaturated/α-hetero) is 1. The van der Waals surface area contributed by atoms with Gasteiger partial charge in [-0.1, -0.05) is 106 Å². The van der Waals surface area contributed by atoms with Crippen molar-refractivity contribution in [2.75, 3.05) is 195 Å². The van der Waals surface area contributed by atoms with Gasteiger partial charge in [0.05, 0.1) is 99.1 Å². The van der Waals surface area contributed by atoms with Crippen molar-refractivity contribution in [3.8, 4) is 0 Å². The Morgan fingerprint density at radius 2 is 0.686 bits per heavy atom. The number of imide groups is 2. The molecule has 5 aliphatic heterocycles. The van der Waals surface area contributed by atoms with E-state index in [4.69, 9.17) is 118 Å². The Kier molecular flexibility index (Phi) is 47.9. The average Bonchev–Trinajstić information content (AvgIpc) is 1.24. The van der Waals surface area contributed by atoms with E-state index in [0.717, 1.165) is 101 Å². The first-order valence-corrected chi connectivity index (χ1v) is 47.1. The number of ether oxygens (including phenoxy) is 9. The molecule has 137 heavy (non-hydrogen) atoms. The Hall–Kier alpha value is -9.05. The van der Waals surface area contributed by atoms with Gasteiger partial charge in [-0.05, 0) is 163 Å². The van der Waals surface area contributed by atoms with Crippen LogP contribution in [0.25, 0.3) is 0 Å². The highest BCUT2D eigenvalue weighted by molar-refractivity contribution is 6.36. The van der Waals surface area contributed by atoms with Crippen molar-refractivity contribution in [2.24, 2.45) is 5.73 Å². The van der Waals surface area contributed by atoms with Gasteiger partial charge in [-0.2, -0.15) is 0 Å². The van der Waals surface area contributed by atoms with Gasteiger partial charge in [0.2, 0.25) is 11.8 Å². The molecule has 5 heterocycles. The molecule has 2 saturated heterocycles. The number of hydroxylamine groups is 4. The number of halogens is 6. The molecule has 748 valence electrons. The van der Waals surface area contributed by atoms with Crippen molar-refractivity contribution >= 4 is 152 Å². The zero-order chi connectivity index (χ0) is 98.9. The molecule has 11 N–H and O–H groups in total. The van der Waals surface area contributed by atoms with Crippen molar-refractivity contribution in [1.29, 1.82) is 0 Å². The molecule has 43 heteroatoms. The summed E-state index contributed by atoms with van der Waals surface area (Å²) in [6, 6.07) is 34.5. The molecule has 7 atom stereocenters. The van der Waals surface area contributed by atoms with Crippen LogP contribution in [-0.2, 0) is 120 Å². The van der Waals surface area contributed by atoms with E-state index in [1.165, 1.54) is 0 Å². The molecule has 0 radical (unpaired) electrons. The van der Waals surface area contributed by atoms with Crippen LogP contribution in [0.4, 0.5) is 21.9 Å². The zero-order valence-corrected chi connectivity index (χ0v) is 81.0. The first kappa shape index (κ1) is 112. The van der Waals surface area contributed by atoms with Gasteiger partial charge >= 0.3 is 18.0 Å². The van der Waals surface area contributed by atoms with E-state index in [2.05, 4.69) is 77.2 Å². The number of aliphatic hydroxyl groups excluding tert-OH is 4. The average molecular weight is 2030 g/mol. The normalized spacial score (nSPS) is 16.8. The number of rotatable bonds is 52. The monoisotopic (exact) mass is 2030 g/mol. The van der Waals surface area contributed by atoms with E-state index in [-0.39, 0.29) is 130 Å². The molecule has 2 fully saturated rings. The summed E-state index contributed by atoms with van der Waals surface area (Å²) >= 11 is 38.6. The fourth-order valence-electron chi connectivity index (χ4n) is 15.2. The molecular formula is C94H119Cl6N11O26. The lowest BCUT2D eigenvalue weighted by Crippen LogP contribution is -2.47. The van der Waals surface area contributed by atoms with Gasteiger partial charge in [-0.15, -0.1) is 10.1 Å². The fourth-order valence-corrected chi connectivity index (χ4v) is 16.9. The number of fused-ring (bicyclic) bond motifs is 3. The molecule has 0 spiro atoms. The van der Waals surface area contributed by atoms with Crippen LogP contribution in [0.15, 0.2) is 109 Å². The van der Waals surface area contributed by atoms with Gasteiger partial charge in [0.1, 0.15) is 6.10 Å². The fraction of sp³-hybridized carbons (Fsp3) is 0.500. The first-order valence-electron chi connectivity index (χ1n) is 44.9. The summed E-state index contributed by atoms with van der Waals surface area (Å²) in [6.07, 6.45) is -7.52. The minimum atomic E-state index is -2.51. The van der Waals surface area contributed by atoms with Gasteiger partial charge in [0, 0.05) is 189 Å². The van der Waals surface area contributed by atoms with E-state index < -0.39 is 71.7 Å². The smallest absolute Gasteiger partial charge is 0.364 e. The Labute approximate surface area is 824 Å². The van der Waals surface area contributed by atoms with E-state index in [1.54, 1.807) is 18.2 Å². The van der Waals surface area contributed by atoms with E-state index in [0.29, 0.717) is 154 Å². The van der Waals surface area contributed by atoms with Crippen LogP contribution in [0, 0.1) is 0 Å². The molecule has 0 aliphatic carbocycles. The second-order valence-corrected chi connectivity index (χ2v) is 35.1. The van der Waals surface area contributed by atoms with E-state index in [9.17, 15) is 73.2 Å². The lowest BCUT2D eigenvalue weighted by atomic mass is 9.84. The van der Waals surface area contributed by atoms with Crippen LogP contribution in [0.5, 0.6) is 0 Å². The predicted octanol–water partition coefficient (Wildman–Crippen LogP) is 8.50. The molecule has 11 rings (SSSR count). The molecule has 0 aromatic heterocycles. The summed E-state index contributed by atoms with van der Waals surface area (Å²) in [5.41, 5.74) is 17.3. The third-order valence-corrected chi connectivity index (χ3v) is 23.6. The van der Waals surface area contributed by atoms with Crippen molar-refractivity contribution in [3.05, 3.63) is 189 Å². The number of nitrogens with two attached hydrogens (primary N) is 1. The summed E-state index contributed by atoms with van der Waals surface area (Å²) in [7, 11) is 6.19. The minimum Gasteiger partial charge on any atom is -0.382 e. The highest BCUT2D eigenvalue weighted by atomic mass is 35.5. The van der Waals surface area contributed by atoms with Crippen LogP contribution in [0.3, 0.4) is 0 Å². The quantitative estimate of drug-likeness (QED) is 0.0126. The second-order valence-electron chi connectivity index (χ2n) is 32.6. The predicted molar refractivity (Wildman–Crippen MR) is 508 cm³/mol. The number of benzene rings is 6. The Bertz CT molecular complexity index is 4780. The summed E-state index contributed by atoms with van der Waals surface area (Å²) in [6.45, 7) is 12.1. The number of anilines is 3. The van der Waals surface area contributed by atoms with Crippen LogP contribution in [0.1, 0.15) is 132 Å². The van der Waals surface area contributed by atoms with Crippen LogP contribution >= 0.6 is 69.6 Å². The largest absolute Gasteiger partial charge is 0.382 e. The standard InChI is InChI=1S/C56H72Cl4N6O12.C26H35Cl2N3O4.C12H12N2O10/c1-65-33-45(43-29-39(57)31-49(59)47(43)35-65)37-7-3-9-41(27-37)63-52(68)12-6-16-74-20-24-77-23-19-73-15-5-11-51(67)53(69)54(70)55(71)61-13-17-75-21-25-78-26-22-76-18-14-62-56(72)64-42-10-4-8-38(28-42)46-34-66(2)36-48-44(46)30-40(58)32-50(48)60;1-31-17-23(22-15-20(27)16-25(28)24(22)18-31)19-4-2-5-21(14-19)30-26(32)6-3-8-33-10-12-35-13-11-34-9-7-29;15-5-1-2-6(16)13(5)23-11(21)9(19)10(20)12(22)24-14-7(17)3-4-8(14)18/h3-4,7-10,27-32,45-46,53-54,69-70H,5-6,11-26,33-36H2,1-2H3,(H,61,71)(H,63,68)(H2,62,64,72);2,4-5,14-16,23H,3,6-13,17-18,29H2,1H3,(H,30,32);9-10,19-20H,1-4H2. The third kappa shape index (κ3) is 36.8. The summed E-state index contributed by atoms with van der Waals surface area (Å²) < 4.78 is 49.3. The highest BCUT2D eigenvalue weighted by Crippen LogP contribution is 2.43. The molecule has 5 aliphatic rings. The molecule has 0 bridgehead atoms.